The topological polar surface area (TPSA) is 42.0 Å². The zero-order valence-corrected chi connectivity index (χ0v) is 12.4. The summed E-state index contributed by atoms with van der Waals surface area (Å²) in [6, 6.07) is 2.52. The molecule has 0 aromatic carbocycles. The van der Waals surface area contributed by atoms with E-state index < -0.39 is 11.7 Å². The molecule has 0 spiro atoms. The van der Waals surface area contributed by atoms with Gasteiger partial charge in [-0.25, -0.2) is 4.98 Å². The van der Waals surface area contributed by atoms with Crippen molar-refractivity contribution in [2.45, 2.75) is 55.1 Å². The summed E-state index contributed by atoms with van der Waals surface area (Å²) in [6.45, 7) is 1.73. The van der Waals surface area contributed by atoms with Crippen LogP contribution in [0.4, 0.5) is 13.2 Å². The Labute approximate surface area is 125 Å². The number of hydrogen-bond acceptors (Lipinski definition) is 3. The maximum absolute atomic E-state index is 12.4. The first-order valence-electron chi connectivity index (χ1n) is 6.86. The lowest BCUT2D eigenvalue weighted by molar-refractivity contribution is -0.137. The monoisotopic (exact) mass is 318 g/mol. The predicted octanol–water partition coefficient (Wildman–Crippen LogP) is 3.64. The summed E-state index contributed by atoms with van der Waals surface area (Å²) in [4.78, 5) is 15.8. The van der Waals surface area contributed by atoms with E-state index in [1.165, 1.54) is 6.07 Å². The van der Waals surface area contributed by atoms with Gasteiger partial charge in [0.05, 0.1) is 15.8 Å². The number of halogens is 3. The Morgan fingerprint density at radius 1 is 1.38 bits per heavy atom. The number of thioether (sulfide) groups is 1. The molecule has 1 aromatic rings. The number of carbonyl (C=O) groups excluding carboxylic acids is 1. The Morgan fingerprint density at radius 3 is 2.57 bits per heavy atom. The minimum atomic E-state index is -4.39. The van der Waals surface area contributed by atoms with Crippen LogP contribution in [0, 0.1) is 0 Å². The summed E-state index contributed by atoms with van der Waals surface area (Å²) in [5, 5.41) is 3.00. The van der Waals surface area contributed by atoms with Crippen LogP contribution >= 0.6 is 11.8 Å². The molecule has 1 heterocycles. The Morgan fingerprint density at radius 2 is 2.05 bits per heavy atom. The summed E-state index contributed by atoms with van der Waals surface area (Å²) in [5.41, 5.74) is -0.782. The van der Waals surface area contributed by atoms with Crippen molar-refractivity contribution >= 4 is 17.7 Å². The van der Waals surface area contributed by atoms with Gasteiger partial charge < -0.3 is 5.32 Å². The number of nitrogens with one attached hydrogen (secondary N) is 1. The Bertz CT molecular complexity index is 484. The molecule has 0 bridgehead atoms. The zero-order chi connectivity index (χ0) is 15.5. The Hall–Kier alpha value is -1.24. The second-order valence-electron chi connectivity index (χ2n) is 5.13. The van der Waals surface area contributed by atoms with Crippen LogP contribution in [0.5, 0.6) is 0 Å². The van der Waals surface area contributed by atoms with Crippen LogP contribution in [0.25, 0.3) is 0 Å². The third-order valence-electron chi connectivity index (χ3n) is 3.43. The van der Waals surface area contributed by atoms with Crippen molar-refractivity contribution in [3.63, 3.8) is 0 Å². The fraction of sp³-hybridized carbons (Fsp3) is 0.571. The summed E-state index contributed by atoms with van der Waals surface area (Å²) in [7, 11) is 0. The van der Waals surface area contributed by atoms with E-state index in [2.05, 4.69) is 10.3 Å². The molecule has 1 aromatic heterocycles. The van der Waals surface area contributed by atoms with Crippen LogP contribution in [0.3, 0.4) is 0 Å². The highest BCUT2D eigenvalue weighted by Gasteiger charge is 2.30. The van der Waals surface area contributed by atoms with Crippen molar-refractivity contribution in [1.29, 1.82) is 0 Å². The summed E-state index contributed by atoms with van der Waals surface area (Å²) in [5.74, 6) is -0.0893. The van der Waals surface area contributed by atoms with Gasteiger partial charge in [-0.05, 0) is 31.9 Å². The van der Waals surface area contributed by atoms with Crippen LogP contribution in [-0.4, -0.2) is 22.2 Å². The van der Waals surface area contributed by atoms with Gasteiger partial charge in [0.1, 0.15) is 0 Å². The second-order valence-corrected chi connectivity index (χ2v) is 6.49. The molecule has 1 aliphatic rings. The molecular formula is C14H17F3N2OS. The molecule has 1 amide bonds. The zero-order valence-electron chi connectivity index (χ0n) is 11.6. The van der Waals surface area contributed by atoms with E-state index in [1.54, 1.807) is 6.92 Å². The van der Waals surface area contributed by atoms with Crippen molar-refractivity contribution in [2.24, 2.45) is 0 Å². The van der Waals surface area contributed by atoms with E-state index in [0.717, 1.165) is 49.7 Å². The van der Waals surface area contributed by atoms with Gasteiger partial charge in [-0.1, -0.05) is 24.6 Å². The van der Waals surface area contributed by atoms with Gasteiger partial charge in [0.2, 0.25) is 5.91 Å². The quantitative estimate of drug-likeness (QED) is 0.862. The summed E-state index contributed by atoms with van der Waals surface area (Å²) < 4.78 is 37.3. The van der Waals surface area contributed by atoms with E-state index in [9.17, 15) is 18.0 Å². The van der Waals surface area contributed by atoms with Gasteiger partial charge >= 0.3 is 6.18 Å². The molecule has 1 fully saturated rings. The molecule has 3 nitrogen and oxygen atoms in total. The molecule has 1 aliphatic carbocycles. The number of hydrogen-bond donors (Lipinski definition) is 1. The molecule has 0 saturated heterocycles. The van der Waals surface area contributed by atoms with Crippen molar-refractivity contribution in [3.05, 3.63) is 23.9 Å². The molecular weight excluding hydrogens is 301 g/mol. The predicted molar refractivity (Wildman–Crippen MR) is 75.0 cm³/mol. The van der Waals surface area contributed by atoms with Gasteiger partial charge in [0.15, 0.2) is 0 Å². The van der Waals surface area contributed by atoms with Crippen LogP contribution in [-0.2, 0) is 11.0 Å². The average molecular weight is 318 g/mol. The molecule has 1 saturated carbocycles. The highest BCUT2D eigenvalue weighted by Crippen LogP contribution is 2.30. The van der Waals surface area contributed by atoms with Gasteiger partial charge in [-0.3, -0.25) is 4.79 Å². The minimum Gasteiger partial charge on any atom is -0.352 e. The highest BCUT2D eigenvalue weighted by molar-refractivity contribution is 8.00. The molecule has 1 N–H and O–H groups in total. The Balaban J connectivity index is 1.89. The lowest BCUT2D eigenvalue weighted by Gasteiger charge is -2.16. The van der Waals surface area contributed by atoms with Crippen LogP contribution < -0.4 is 5.32 Å². The molecule has 7 heteroatoms. The molecule has 1 atom stereocenters. The highest BCUT2D eigenvalue weighted by atomic mass is 32.2. The maximum atomic E-state index is 12.4. The number of pyridine rings is 1. The number of rotatable bonds is 4. The number of amides is 1. The van der Waals surface area contributed by atoms with Crippen LogP contribution in [0.1, 0.15) is 38.2 Å². The van der Waals surface area contributed by atoms with E-state index in [-0.39, 0.29) is 17.2 Å². The number of aromatic nitrogens is 1. The summed E-state index contributed by atoms with van der Waals surface area (Å²) in [6.07, 6.45) is 0.675. The van der Waals surface area contributed by atoms with E-state index >= 15 is 0 Å². The molecule has 0 aliphatic heterocycles. The summed E-state index contributed by atoms with van der Waals surface area (Å²) >= 11 is 1.16. The Kier molecular flexibility index (Phi) is 5.13. The smallest absolute Gasteiger partial charge is 0.352 e. The van der Waals surface area contributed by atoms with Gasteiger partial charge in [-0.2, -0.15) is 13.2 Å². The van der Waals surface area contributed by atoms with E-state index in [0.29, 0.717) is 5.03 Å². The van der Waals surface area contributed by atoms with E-state index in [1.807, 2.05) is 0 Å². The number of nitrogens with zero attached hydrogens (tertiary/aromatic N) is 1. The second kappa shape index (κ2) is 6.68. The molecule has 0 radical (unpaired) electrons. The van der Waals surface area contributed by atoms with Gasteiger partial charge in [0.25, 0.3) is 0 Å². The maximum Gasteiger partial charge on any atom is 0.417 e. The first-order valence-corrected chi connectivity index (χ1v) is 7.74. The number of alkyl halides is 3. The minimum absolute atomic E-state index is 0.0893. The first kappa shape index (κ1) is 16.1. The lowest BCUT2D eigenvalue weighted by Crippen LogP contribution is -2.37. The first-order chi connectivity index (χ1) is 9.86. The average Bonchev–Trinajstić information content (AvgIpc) is 2.91. The number of carbonyl (C=O) groups is 1. The molecule has 21 heavy (non-hydrogen) atoms. The van der Waals surface area contributed by atoms with Crippen molar-refractivity contribution in [1.82, 2.24) is 10.3 Å². The van der Waals surface area contributed by atoms with Gasteiger partial charge in [-0.15, -0.1) is 0 Å². The standard InChI is InChI=1S/C14H17F3N2OS/c1-9(13(20)19-11-4-2-3-5-11)21-12-7-6-10(8-18-12)14(15,16)17/h6-9,11H,2-5H2,1H3,(H,19,20). The van der Waals surface area contributed by atoms with Crippen molar-refractivity contribution in [2.75, 3.05) is 0 Å². The molecule has 1 unspecified atom stereocenters. The van der Waals surface area contributed by atoms with Crippen LogP contribution in [0.2, 0.25) is 0 Å². The largest absolute Gasteiger partial charge is 0.417 e. The molecule has 2 rings (SSSR count). The molecule has 116 valence electrons. The SMILES string of the molecule is CC(Sc1ccc(C(F)(F)F)cn1)C(=O)NC1CCCC1. The third-order valence-corrected chi connectivity index (χ3v) is 4.48. The fourth-order valence-corrected chi connectivity index (χ4v) is 3.04. The van der Waals surface area contributed by atoms with Gasteiger partial charge in [0, 0.05) is 12.2 Å². The normalized spacial score (nSPS) is 17.7. The van der Waals surface area contributed by atoms with E-state index in [4.69, 9.17) is 0 Å². The van der Waals surface area contributed by atoms with Crippen LogP contribution in [0.15, 0.2) is 23.4 Å². The van der Waals surface area contributed by atoms with Crippen molar-refractivity contribution in [3.8, 4) is 0 Å². The lowest BCUT2D eigenvalue weighted by atomic mass is 10.2. The fourth-order valence-electron chi connectivity index (χ4n) is 2.24. The van der Waals surface area contributed by atoms with Crippen molar-refractivity contribution < 1.29 is 18.0 Å². The third kappa shape index (κ3) is 4.62.